The van der Waals surface area contributed by atoms with Gasteiger partial charge in [-0.05, 0) is 52.7 Å². The number of hydrogen-bond donors (Lipinski definition) is 0. The lowest BCUT2D eigenvalue weighted by Crippen LogP contribution is -1.84. The second-order valence-electron chi connectivity index (χ2n) is 4.97. The minimum absolute atomic E-state index is 0.231. The molecule has 1 nitrogen and oxygen atoms in total. The maximum atomic E-state index is 13.6. The first-order valence-corrected chi connectivity index (χ1v) is 6.87. The lowest BCUT2D eigenvalue weighted by Gasteiger charge is -2.03. The van der Waals surface area contributed by atoms with Crippen LogP contribution in [-0.4, -0.2) is 7.11 Å². The van der Waals surface area contributed by atoms with Gasteiger partial charge in [-0.25, -0.2) is 8.78 Å². The second kappa shape index (κ2) is 5.98. The summed E-state index contributed by atoms with van der Waals surface area (Å²) in [5.74, 6) is -0.0903. The summed E-state index contributed by atoms with van der Waals surface area (Å²) in [6, 6.07) is 15.1. The third-order valence-corrected chi connectivity index (χ3v) is 3.48. The second-order valence-corrected chi connectivity index (χ2v) is 4.97. The molecule has 0 unspecified atom stereocenters. The molecule has 0 spiro atoms. The van der Waals surface area contributed by atoms with Crippen LogP contribution < -0.4 is 4.74 Å². The fourth-order valence-corrected chi connectivity index (χ4v) is 2.30. The zero-order valence-corrected chi connectivity index (χ0v) is 12.0. The minimum atomic E-state index is -0.452. The van der Waals surface area contributed by atoms with Gasteiger partial charge in [0, 0.05) is 5.56 Å². The molecule has 0 aliphatic carbocycles. The Hall–Kier alpha value is -2.68. The Morgan fingerprint density at radius 3 is 2.41 bits per heavy atom. The fourth-order valence-electron chi connectivity index (χ4n) is 2.30. The topological polar surface area (TPSA) is 9.23 Å². The van der Waals surface area contributed by atoms with Gasteiger partial charge in [0.05, 0.1) is 7.11 Å². The van der Waals surface area contributed by atoms with E-state index < -0.39 is 11.6 Å². The van der Waals surface area contributed by atoms with Crippen molar-refractivity contribution in [1.82, 2.24) is 0 Å². The molecule has 0 aromatic heterocycles. The van der Waals surface area contributed by atoms with Crippen LogP contribution in [0.15, 0.2) is 54.6 Å². The lowest BCUT2D eigenvalue weighted by molar-refractivity contribution is 0.415. The largest absolute Gasteiger partial charge is 0.497 e. The van der Waals surface area contributed by atoms with Crippen LogP contribution in [-0.2, 0) is 0 Å². The van der Waals surface area contributed by atoms with Gasteiger partial charge in [-0.3, -0.25) is 0 Å². The number of hydrogen-bond acceptors (Lipinski definition) is 1. The summed E-state index contributed by atoms with van der Waals surface area (Å²) in [5, 5.41) is 2.12. The first-order valence-electron chi connectivity index (χ1n) is 6.87. The highest BCUT2D eigenvalue weighted by Gasteiger charge is 2.01. The molecule has 3 heteroatoms. The molecule has 0 N–H and O–H groups in total. The average molecular weight is 296 g/mol. The number of fused-ring (bicyclic) bond motifs is 1. The number of ether oxygens (including phenoxy) is 1. The van der Waals surface area contributed by atoms with Crippen LogP contribution in [0, 0.1) is 11.6 Å². The molecule has 3 aromatic carbocycles. The summed E-state index contributed by atoms with van der Waals surface area (Å²) in [4.78, 5) is 0. The van der Waals surface area contributed by atoms with Crippen LogP contribution in [0.25, 0.3) is 22.9 Å². The van der Waals surface area contributed by atoms with Gasteiger partial charge in [-0.1, -0.05) is 30.4 Å². The zero-order valence-electron chi connectivity index (χ0n) is 12.0. The molecular weight excluding hydrogens is 282 g/mol. The molecule has 3 rings (SSSR count). The Balaban J connectivity index is 1.93. The van der Waals surface area contributed by atoms with E-state index in [0.717, 1.165) is 34.2 Å². The van der Waals surface area contributed by atoms with Gasteiger partial charge in [0.1, 0.15) is 17.4 Å². The van der Waals surface area contributed by atoms with E-state index in [0.29, 0.717) is 0 Å². The smallest absolute Gasteiger partial charge is 0.130 e. The maximum Gasteiger partial charge on any atom is 0.130 e. The Morgan fingerprint density at radius 2 is 1.59 bits per heavy atom. The number of halogens is 2. The average Bonchev–Trinajstić information content (AvgIpc) is 2.55. The van der Waals surface area contributed by atoms with Gasteiger partial charge >= 0.3 is 0 Å². The molecule has 0 amide bonds. The van der Waals surface area contributed by atoms with Crippen LogP contribution in [0.5, 0.6) is 5.75 Å². The van der Waals surface area contributed by atoms with Crippen molar-refractivity contribution >= 4 is 22.9 Å². The molecule has 0 saturated carbocycles. The molecule has 0 aliphatic heterocycles. The lowest BCUT2D eigenvalue weighted by atomic mass is 10.1. The van der Waals surface area contributed by atoms with E-state index in [2.05, 4.69) is 0 Å². The number of benzene rings is 3. The first kappa shape index (κ1) is 14.3. The van der Waals surface area contributed by atoms with Crippen molar-refractivity contribution in [1.29, 1.82) is 0 Å². The third kappa shape index (κ3) is 2.98. The SMILES string of the molecule is COc1ccc2cc(/C=C/c3cc(F)ccc3F)ccc2c1. The number of rotatable bonds is 3. The number of methoxy groups -OCH3 is 1. The summed E-state index contributed by atoms with van der Waals surface area (Å²) in [6.07, 6.45) is 3.34. The van der Waals surface area contributed by atoms with Gasteiger partial charge in [-0.15, -0.1) is 0 Å². The van der Waals surface area contributed by atoms with E-state index in [4.69, 9.17) is 4.74 Å². The summed E-state index contributed by atoms with van der Waals surface area (Å²) in [7, 11) is 1.63. The van der Waals surface area contributed by atoms with Crippen molar-refractivity contribution < 1.29 is 13.5 Å². The van der Waals surface area contributed by atoms with E-state index in [1.165, 1.54) is 6.07 Å². The standard InChI is InChI=1S/C19H14F2O/c1-22-18-8-6-14-10-13(2-4-15(14)12-18)3-5-16-11-17(20)7-9-19(16)21/h2-12H,1H3/b5-3+. The van der Waals surface area contributed by atoms with Crippen molar-refractivity contribution in [2.45, 2.75) is 0 Å². The van der Waals surface area contributed by atoms with E-state index in [1.807, 2.05) is 36.4 Å². The highest BCUT2D eigenvalue weighted by Crippen LogP contribution is 2.23. The summed E-state index contributed by atoms with van der Waals surface area (Å²) < 4.78 is 31.9. The monoisotopic (exact) mass is 296 g/mol. The van der Waals surface area contributed by atoms with Gasteiger partial charge in [0.15, 0.2) is 0 Å². The van der Waals surface area contributed by atoms with Crippen molar-refractivity contribution in [3.05, 3.63) is 77.4 Å². The highest BCUT2D eigenvalue weighted by molar-refractivity contribution is 5.87. The van der Waals surface area contributed by atoms with E-state index in [-0.39, 0.29) is 5.56 Å². The Bertz CT molecular complexity index is 853. The van der Waals surface area contributed by atoms with Crippen molar-refractivity contribution in [2.24, 2.45) is 0 Å². The molecule has 0 saturated heterocycles. The first-order chi connectivity index (χ1) is 10.7. The third-order valence-electron chi connectivity index (χ3n) is 3.48. The predicted octanol–water partition coefficient (Wildman–Crippen LogP) is 5.30. The Morgan fingerprint density at radius 1 is 0.818 bits per heavy atom. The molecule has 22 heavy (non-hydrogen) atoms. The van der Waals surface area contributed by atoms with E-state index in [1.54, 1.807) is 19.3 Å². The molecule has 3 aromatic rings. The molecule has 0 aliphatic rings. The predicted molar refractivity (Wildman–Crippen MR) is 85.8 cm³/mol. The molecule has 0 atom stereocenters. The van der Waals surface area contributed by atoms with E-state index >= 15 is 0 Å². The maximum absolute atomic E-state index is 13.6. The van der Waals surface area contributed by atoms with Crippen LogP contribution >= 0.6 is 0 Å². The molecule has 0 bridgehead atoms. The van der Waals surface area contributed by atoms with Gasteiger partial charge in [0.2, 0.25) is 0 Å². The van der Waals surface area contributed by atoms with E-state index in [9.17, 15) is 8.78 Å². The normalized spacial score (nSPS) is 11.2. The quantitative estimate of drug-likeness (QED) is 0.596. The van der Waals surface area contributed by atoms with Crippen molar-refractivity contribution in [3.63, 3.8) is 0 Å². The van der Waals surface area contributed by atoms with Crippen molar-refractivity contribution in [3.8, 4) is 5.75 Å². The van der Waals surface area contributed by atoms with Crippen LogP contribution in [0.2, 0.25) is 0 Å². The van der Waals surface area contributed by atoms with Gasteiger partial charge in [-0.2, -0.15) is 0 Å². The Kier molecular flexibility index (Phi) is 3.88. The van der Waals surface area contributed by atoms with Crippen molar-refractivity contribution in [2.75, 3.05) is 7.11 Å². The molecule has 0 radical (unpaired) electrons. The summed E-state index contributed by atoms with van der Waals surface area (Å²) in [5.41, 5.74) is 1.15. The summed E-state index contributed by atoms with van der Waals surface area (Å²) >= 11 is 0. The van der Waals surface area contributed by atoms with Gasteiger partial charge < -0.3 is 4.74 Å². The van der Waals surface area contributed by atoms with Crippen LogP contribution in [0.1, 0.15) is 11.1 Å². The molecular formula is C19H14F2O. The highest BCUT2D eigenvalue weighted by atomic mass is 19.1. The Labute approximate surface area is 127 Å². The zero-order chi connectivity index (χ0) is 15.5. The summed E-state index contributed by atoms with van der Waals surface area (Å²) in [6.45, 7) is 0. The molecule has 0 fully saturated rings. The van der Waals surface area contributed by atoms with Gasteiger partial charge in [0.25, 0.3) is 0 Å². The fraction of sp³-hybridized carbons (Fsp3) is 0.0526. The molecule has 0 heterocycles. The molecule has 110 valence electrons. The minimum Gasteiger partial charge on any atom is -0.497 e. The van der Waals surface area contributed by atoms with Crippen LogP contribution in [0.3, 0.4) is 0 Å². The van der Waals surface area contributed by atoms with Crippen LogP contribution in [0.4, 0.5) is 8.78 Å².